The summed E-state index contributed by atoms with van der Waals surface area (Å²) in [5, 5.41) is 13.9. The van der Waals surface area contributed by atoms with Crippen LogP contribution in [0.5, 0.6) is 11.5 Å². The van der Waals surface area contributed by atoms with Gasteiger partial charge in [-0.05, 0) is 51.3 Å². The van der Waals surface area contributed by atoms with Crippen molar-refractivity contribution in [2.45, 2.75) is 52.2 Å². The van der Waals surface area contributed by atoms with E-state index in [-0.39, 0.29) is 5.60 Å². The number of nitrogens with zero attached hydrogens (tertiary/aromatic N) is 4. The zero-order chi connectivity index (χ0) is 26.0. The maximum Gasteiger partial charge on any atom is 0.309 e. The summed E-state index contributed by atoms with van der Waals surface area (Å²) < 4.78 is 17.7. The largest absolute Gasteiger partial charge is 0.492 e. The van der Waals surface area contributed by atoms with Crippen molar-refractivity contribution < 1.29 is 28.9 Å². The van der Waals surface area contributed by atoms with Gasteiger partial charge in [-0.2, -0.15) is 0 Å². The first kappa shape index (κ1) is 25.9. The number of hydrogen-bond donors (Lipinski definition) is 1. The summed E-state index contributed by atoms with van der Waals surface area (Å²) in [7, 11) is 0. The van der Waals surface area contributed by atoms with E-state index in [1.807, 2.05) is 20.8 Å². The van der Waals surface area contributed by atoms with Crippen molar-refractivity contribution in [3.05, 3.63) is 17.7 Å². The standard InChI is InChI=1S/C27H40N4O6/c1-4-35-21-14-20(15-22(36-5-2)24(21)31-10-12-34-13-11-31)17-29-18-27(19-29)16-23(28-37-27)30-8-6-26(3,7-9-30)25(32)33/h14-15H,4-13,16-19H2,1-3H3,(H,32,33). The number of ether oxygens (including phenoxy) is 3. The van der Waals surface area contributed by atoms with Crippen LogP contribution in [0.25, 0.3) is 0 Å². The third kappa shape index (κ3) is 5.31. The summed E-state index contributed by atoms with van der Waals surface area (Å²) in [6.45, 7) is 13.9. The Bertz CT molecular complexity index is 983. The third-order valence-electron chi connectivity index (χ3n) is 8.03. The Hall–Kier alpha value is -2.72. The molecule has 0 aliphatic carbocycles. The van der Waals surface area contributed by atoms with Gasteiger partial charge in [0.1, 0.15) is 23.0 Å². The molecule has 0 bridgehead atoms. The van der Waals surface area contributed by atoms with E-state index >= 15 is 0 Å². The van der Waals surface area contributed by atoms with Gasteiger partial charge in [-0.25, -0.2) is 0 Å². The van der Waals surface area contributed by atoms with E-state index in [4.69, 9.17) is 19.0 Å². The van der Waals surface area contributed by atoms with Crippen LogP contribution >= 0.6 is 0 Å². The quantitative estimate of drug-likeness (QED) is 0.559. The molecule has 3 saturated heterocycles. The number of hydrogen-bond acceptors (Lipinski definition) is 9. The van der Waals surface area contributed by atoms with Crippen LogP contribution in [0.1, 0.15) is 45.6 Å². The molecule has 0 saturated carbocycles. The van der Waals surface area contributed by atoms with Crippen LogP contribution in [0.3, 0.4) is 0 Å². The number of amidine groups is 1. The molecule has 0 radical (unpaired) electrons. The number of carboxylic acid groups (broad SMARTS) is 1. The zero-order valence-electron chi connectivity index (χ0n) is 22.3. The van der Waals surface area contributed by atoms with E-state index in [1.165, 1.54) is 0 Å². The minimum Gasteiger partial charge on any atom is -0.492 e. The molecule has 1 spiro atoms. The number of aliphatic carboxylic acids is 1. The minimum atomic E-state index is -0.708. The lowest BCUT2D eigenvalue weighted by Crippen LogP contribution is -2.61. The number of rotatable bonds is 8. The predicted octanol–water partition coefficient (Wildman–Crippen LogP) is 2.80. The normalized spacial score (nSPS) is 22.8. The summed E-state index contributed by atoms with van der Waals surface area (Å²) in [4.78, 5) is 24.4. The fourth-order valence-electron chi connectivity index (χ4n) is 5.81. The van der Waals surface area contributed by atoms with Crippen LogP contribution in [0.4, 0.5) is 5.69 Å². The zero-order valence-corrected chi connectivity index (χ0v) is 22.3. The number of likely N-dealkylation sites (tertiary alicyclic amines) is 2. The number of anilines is 1. The first-order chi connectivity index (χ1) is 17.8. The van der Waals surface area contributed by atoms with Gasteiger partial charge in [0.2, 0.25) is 0 Å². The van der Waals surface area contributed by atoms with Gasteiger partial charge in [-0.3, -0.25) is 9.69 Å². The van der Waals surface area contributed by atoms with Crippen LogP contribution in [-0.2, 0) is 20.9 Å². The van der Waals surface area contributed by atoms with Crippen LogP contribution < -0.4 is 14.4 Å². The van der Waals surface area contributed by atoms with Crippen molar-refractivity contribution >= 4 is 17.5 Å². The predicted molar refractivity (Wildman–Crippen MR) is 140 cm³/mol. The number of piperidine rings is 1. The Balaban J connectivity index is 1.21. The number of morpholine rings is 1. The van der Waals surface area contributed by atoms with Gasteiger partial charge >= 0.3 is 5.97 Å². The average Bonchev–Trinajstić information content (AvgIpc) is 3.31. The second-order valence-corrected chi connectivity index (χ2v) is 10.9. The summed E-state index contributed by atoms with van der Waals surface area (Å²) >= 11 is 0. The minimum absolute atomic E-state index is 0.276. The van der Waals surface area contributed by atoms with Crippen molar-refractivity contribution in [1.82, 2.24) is 9.80 Å². The van der Waals surface area contributed by atoms with Gasteiger partial charge in [0.15, 0.2) is 5.60 Å². The molecule has 1 aromatic carbocycles. The number of oxime groups is 1. The Kier molecular flexibility index (Phi) is 7.40. The lowest BCUT2D eigenvalue weighted by Gasteiger charge is -2.46. The molecule has 3 fully saturated rings. The number of benzene rings is 1. The first-order valence-corrected chi connectivity index (χ1v) is 13.6. The van der Waals surface area contributed by atoms with Crippen molar-refractivity contribution in [1.29, 1.82) is 0 Å². The summed E-state index contributed by atoms with van der Waals surface area (Å²) in [5.74, 6) is 1.98. The molecule has 10 heteroatoms. The summed E-state index contributed by atoms with van der Waals surface area (Å²) in [6.07, 6.45) is 2.04. The van der Waals surface area contributed by atoms with E-state index in [2.05, 4.69) is 32.0 Å². The molecule has 1 N–H and O–H groups in total. The lowest BCUT2D eigenvalue weighted by atomic mass is 9.80. The second-order valence-electron chi connectivity index (χ2n) is 10.9. The van der Waals surface area contributed by atoms with Gasteiger partial charge in [0.25, 0.3) is 0 Å². The molecule has 0 unspecified atom stereocenters. The Morgan fingerprint density at radius 1 is 1.03 bits per heavy atom. The SMILES string of the molecule is CCOc1cc(CN2CC3(CC(N4CCC(C)(C(=O)O)CC4)=NO3)C2)cc(OCC)c1N1CCOCC1. The van der Waals surface area contributed by atoms with Crippen molar-refractivity contribution in [3.63, 3.8) is 0 Å². The van der Waals surface area contributed by atoms with Gasteiger partial charge in [0.05, 0.1) is 38.3 Å². The molecule has 37 heavy (non-hydrogen) atoms. The molecular formula is C27H40N4O6. The molecule has 4 aliphatic heterocycles. The van der Waals surface area contributed by atoms with E-state index in [0.717, 1.165) is 67.7 Å². The Morgan fingerprint density at radius 3 is 2.22 bits per heavy atom. The molecule has 4 heterocycles. The number of carbonyl (C=O) groups is 1. The van der Waals surface area contributed by atoms with Crippen molar-refractivity contribution in [2.24, 2.45) is 10.6 Å². The first-order valence-electron chi connectivity index (χ1n) is 13.6. The van der Waals surface area contributed by atoms with Crippen LogP contribution in [-0.4, -0.2) is 98.0 Å². The van der Waals surface area contributed by atoms with Crippen LogP contribution in [0, 0.1) is 5.41 Å². The fourth-order valence-corrected chi connectivity index (χ4v) is 5.81. The molecule has 4 aliphatic rings. The molecule has 0 atom stereocenters. The molecule has 0 amide bonds. The molecule has 204 valence electrons. The van der Waals surface area contributed by atoms with Gasteiger partial charge in [-0.15, -0.1) is 0 Å². The topological polar surface area (TPSA) is 96.3 Å². The van der Waals surface area contributed by atoms with E-state index in [1.54, 1.807) is 0 Å². The summed E-state index contributed by atoms with van der Waals surface area (Å²) in [5.41, 5.74) is 1.26. The molecule has 10 nitrogen and oxygen atoms in total. The summed E-state index contributed by atoms with van der Waals surface area (Å²) in [6, 6.07) is 4.29. The molecule has 0 aromatic heterocycles. The maximum atomic E-state index is 11.6. The van der Waals surface area contributed by atoms with Gasteiger partial charge in [0, 0.05) is 45.8 Å². The van der Waals surface area contributed by atoms with Gasteiger partial charge in [-0.1, -0.05) is 5.16 Å². The molecule has 1 aromatic rings. The van der Waals surface area contributed by atoms with Gasteiger partial charge < -0.3 is 34.0 Å². The highest BCUT2D eigenvalue weighted by molar-refractivity contribution is 5.85. The number of carboxylic acids is 1. The maximum absolute atomic E-state index is 11.6. The fraction of sp³-hybridized carbons (Fsp3) is 0.704. The van der Waals surface area contributed by atoms with E-state index in [0.29, 0.717) is 52.4 Å². The van der Waals surface area contributed by atoms with Crippen molar-refractivity contribution in [3.8, 4) is 11.5 Å². The smallest absolute Gasteiger partial charge is 0.309 e. The highest BCUT2D eigenvalue weighted by atomic mass is 16.7. The van der Waals surface area contributed by atoms with Crippen LogP contribution in [0.2, 0.25) is 0 Å². The second kappa shape index (κ2) is 10.6. The third-order valence-corrected chi connectivity index (χ3v) is 8.03. The van der Waals surface area contributed by atoms with E-state index in [9.17, 15) is 9.90 Å². The highest BCUT2D eigenvalue weighted by Crippen LogP contribution is 2.42. The molecular weight excluding hydrogens is 476 g/mol. The lowest BCUT2D eigenvalue weighted by molar-refractivity contribution is -0.150. The monoisotopic (exact) mass is 516 g/mol. The van der Waals surface area contributed by atoms with Crippen molar-refractivity contribution in [2.75, 3.05) is 70.6 Å². The highest BCUT2D eigenvalue weighted by Gasteiger charge is 2.51. The Morgan fingerprint density at radius 2 is 1.65 bits per heavy atom. The van der Waals surface area contributed by atoms with Crippen LogP contribution in [0.15, 0.2) is 17.3 Å². The molecule has 5 rings (SSSR count). The van der Waals surface area contributed by atoms with E-state index < -0.39 is 11.4 Å². The Labute approximate surface area is 219 Å². The average molecular weight is 517 g/mol.